The minimum absolute atomic E-state index is 0.600. The van der Waals surface area contributed by atoms with Crippen LogP contribution in [0.15, 0.2) is 40.3 Å². The number of nitrogen functional groups attached to an aromatic ring is 1. The fourth-order valence-electron chi connectivity index (χ4n) is 4.35. The van der Waals surface area contributed by atoms with Crippen LogP contribution in [-0.4, -0.2) is 36.3 Å². The van der Waals surface area contributed by atoms with Crippen molar-refractivity contribution in [2.45, 2.75) is 39.5 Å². The molecule has 0 spiro atoms. The van der Waals surface area contributed by atoms with Gasteiger partial charge in [0.15, 0.2) is 9.05 Å². The van der Waals surface area contributed by atoms with Crippen LogP contribution in [0.3, 0.4) is 0 Å². The third kappa shape index (κ3) is 6.74. The van der Waals surface area contributed by atoms with Crippen molar-refractivity contribution < 1.29 is 14.2 Å². The Morgan fingerprint density at radius 1 is 0.659 bits per heavy atom. The lowest BCUT2D eigenvalue weighted by atomic mass is 10.2. The van der Waals surface area contributed by atoms with E-state index < -0.39 is 0 Å². The van der Waals surface area contributed by atoms with Crippen LogP contribution in [0.25, 0.3) is 30.6 Å². The standard InChI is InChI=1S/C12H13NOS.C9H8BrNOS.C9H10N2OS/c1-7-5-9-11(6-10(7)14-2)15-12(13-9)8-3-4-8;2*1-5-3-6-8(4-7(5)12-2)13-9(10)11-6/h5-6,8H,3-4H2,1-2H3;3-4H,1-2H3;3-4H,1-2H3,(H2,10,11). The van der Waals surface area contributed by atoms with Crippen molar-refractivity contribution in [3.8, 4) is 17.2 Å². The largest absolute Gasteiger partial charge is 0.496 e. The molecule has 1 aliphatic rings. The first kappa shape index (κ1) is 29.5. The van der Waals surface area contributed by atoms with Crippen LogP contribution >= 0.6 is 49.9 Å². The summed E-state index contributed by atoms with van der Waals surface area (Å²) in [5.41, 5.74) is 12.1. The first-order chi connectivity index (χ1) is 19.7. The number of fused-ring (bicyclic) bond motifs is 3. The van der Waals surface area contributed by atoms with Gasteiger partial charge in [-0.15, -0.1) is 22.7 Å². The number of hydrogen-bond acceptors (Lipinski definition) is 10. The van der Waals surface area contributed by atoms with Gasteiger partial charge in [0.1, 0.15) is 17.2 Å². The fourth-order valence-corrected chi connectivity index (χ4v) is 7.66. The molecule has 11 heteroatoms. The van der Waals surface area contributed by atoms with E-state index in [9.17, 15) is 0 Å². The van der Waals surface area contributed by atoms with E-state index in [1.54, 1.807) is 32.7 Å². The number of benzene rings is 3. The summed E-state index contributed by atoms with van der Waals surface area (Å²) in [5, 5.41) is 1.90. The molecule has 214 valence electrons. The van der Waals surface area contributed by atoms with Gasteiger partial charge in [-0.2, -0.15) is 0 Å². The van der Waals surface area contributed by atoms with Gasteiger partial charge in [0.25, 0.3) is 0 Å². The van der Waals surface area contributed by atoms with Crippen molar-refractivity contribution in [2.24, 2.45) is 0 Å². The molecule has 0 saturated heterocycles. The highest BCUT2D eigenvalue weighted by Crippen LogP contribution is 2.44. The third-order valence-corrected chi connectivity index (χ3v) is 10.1. The lowest BCUT2D eigenvalue weighted by Crippen LogP contribution is -1.86. The van der Waals surface area contributed by atoms with Crippen molar-refractivity contribution in [1.29, 1.82) is 0 Å². The normalized spacial score (nSPS) is 12.6. The van der Waals surface area contributed by atoms with E-state index in [1.807, 2.05) is 49.4 Å². The zero-order chi connectivity index (χ0) is 29.3. The summed E-state index contributed by atoms with van der Waals surface area (Å²) >= 11 is 8.27. The summed E-state index contributed by atoms with van der Waals surface area (Å²) in [4.78, 5) is 13.2. The summed E-state index contributed by atoms with van der Waals surface area (Å²) in [5.74, 6) is 3.52. The third-order valence-electron chi connectivity index (χ3n) is 6.65. The summed E-state index contributed by atoms with van der Waals surface area (Å²) < 4.78 is 20.1. The minimum atomic E-state index is 0.600. The summed E-state index contributed by atoms with van der Waals surface area (Å²) in [7, 11) is 5.07. The number of thiazole rings is 3. The molecule has 1 saturated carbocycles. The van der Waals surface area contributed by atoms with Crippen molar-refractivity contribution >= 4 is 85.7 Å². The first-order valence-electron chi connectivity index (χ1n) is 13.0. The lowest BCUT2D eigenvalue weighted by molar-refractivity contribution is 0.412. The second-order valence-electron chi connectivity index (χ2n) is 9.71. The van der Waals surface area contributed by atoms with Crippen LogP contribution in [0.4, 0.5) is 5.13 Å². The van der Waals surface area contributed by atoms with E-state index >= 15 is 0 Å². The van der Waals surface area contributed by atoms with Crippen molar-refractivity contribution in [1.82, 2.24) is 15.0 Å². The number of nitrogens with two attached hydrogens (primary N) is 1. The van der Waals surface area contributed by atoms with Gasteiger partial charge in [0.05, 0.1) is 57.0 Å². The van der Waals surface area contributed by atoms with Gasteiger partial charge >= 0.3 is 0 Å². The summed E-state index contributed by atoms with van der Waals surface area (Å²) in [6, 6.07) is 12.2. The molecule has 6 aromatic rings. The highest BCUT2D eigenvalue weighted by Gasteiger charge is 2.27. The molecule has 0 aliphatic heterocycles. The topological polar surface area (TPSA) is 92.4 Å². The van der Waals surface area contributed by atoms with Gasteiger partial charge in [-0.1, -0.05) is 11.3 Å². The smallest absolute Gasteiger partial charge is 0.181 e. The predicted molar refractivity (Wildman–Crippen MR) is 177 cm³/mol. The number of nitrogens with zero attached hydrogens (tertiary/aromatic N) is 3. The number of rotatable bonds is 4. The quantitative estimate of drug-likeness (QED) is 0.200. The maximum atomic E-state index is 5.60. The second kappa shape index (κ2) is 12.5. The molecule has 7 rings (SSSR count). The zero-order valence-corrected chi connectivity index (χ0v) is 27.7. The maximum Gasteiger partial charge on any atom is 0.181 e. The van der Waals surface area contributed by atoms with E-state index in [-0.39, 0.29) is 0 Å². The number of ether oxygens (including phenoxy) is 3. The maximum absolute atomic E-state index is 5.60. The van der Waals surface area contributed by atoms with Crippen LogP contribution in [0.5, 0.6) is 17.2 Å². The highest BCUT2D eigenvalue weighted by atomic mass is 79.9. The van der Waals surface area contributed by atoms with Gasteiger partial charge in [0, 0.05) is 5.92 Å². The molecule has 0 radical (unpaired) electrons. The van der Waals surface area contributed by atoms with Gasteiger partial charge < -0.3 is 19.9 Å². The number of halogens is 1. The Kier molecular flexibility index (Phi) is 8.98. The van der Waals surface area contributed by atoms with E-state index in [0.29, 0.717) is 5.13 Å². The number of methoxy groups -OCH3 is 3. The van der Waals surface area contributed by atoms with Crippen LogP contribution in [0.1, 0.15) is 40.5 Å². The molecule has 0 atom stereocenters. The van der Waals surface area contributed by atoms with Crippen LogP contribution in [0.2, 0.25) is 0 Å². The van der Waals surface area contributed by atoms with E-state index in [2.05, 4.69) is 49.9 Å². The summed E-state index contributed by atoms with van der Waals surface area (Å²) in [6.45, 7) is 6.08. The number of hydrogen-bond donors (Lipinski definition) is 1. The van der Waals surface area contributed by atoms with E-state index in [0.717, 1.165) is 69.7 Å². The Morgan fingerprint density at radius 3 is 1.59 bits per heavy atom. The van der Waals surface area contributed by atoms with Crippen LogP contribution in [0, 0.1) is 20.8 Å². The fraction of sp³-hybridized carbons (Fsp3) is 0.300. The number of aromatic nitrogens is 3. The van der Waals surface area contributed by atoms with Gasteiger partial charge in [-0.25, -0.2) is 15.0 Å². The molecular formula is C30H31BrN4O3S3. The molecule has 3 aromatic carbocycles. The van der Waals surface area contributed by atoms with Gasteiger partial charge in [-0.3, -0.25) is 0 Å². The average molecular weight is 672 g/mol. The molecule has 0 unspecified atom stereocenters. The van der Waals surface area contributed by atoms with Gasteiger partial charge in [-0.05, 0) is 103 Å². The molecule has 2 N–H and O–H groups in total. The lowest BCUT2D eigenvalue weighted by Gasteiger charge is -2.02. The molecule has 0 amide bonds. The highest BCUT2D eigenvalue weighted by molar-refractivity contribution is 9.11. The van der Waals surface area contributed by atoms with Crippen LogP contribution in [-0.2, 0) is 0 Å². The van der Waals surface area contributed by atoms with E-state index in [4.69, 9.17) is 19.9 Å². The van der Waals surface area contributed by atoms with Crippen molar-refractivity contribution in [2.75, 3.05) is 27.1 Å². The van der Waals surface area contributed by atoms with Crippen LogP contribution < -0.4 is 19.9 Å². The predicted octanol–water partition coefficient (Wildman–Crippen LogP) is 9.06. The Morgan fingerprint density at radius 2 is 1.10 bits per heavy atom. The molecule has 3 aromatic heterocycles. The van der Waals surface area contributed by atoms with Crippen molar-refractivity contribution in [3.63, 3.8) is 0 Å². The molecule has 7 nitrogen and oxygen atoms in total. The summed E-state index contributed by atoms with van der Waals surface area (Å²) in [6.07, 6.45) is 2.63. The number of anilines is 1. The number of aryl methyl sites for hydroxylation is 3. The Hall–Kier alpha value is -2.99. The molecular weight excluding hydrogens is 640 g/mol. The second-order valence-corrected chi connectivity index (χ2v) is 14.1. The Labute approximate surface area is 259 Å². The first-order valence-corrected chi connectivity index (χ1v) is 16.2. The Balaban J connectivity index is 0.000000124. The average Bonchev–Trinajstić information content (AvgIpc) is 3.47. The Bertz CT molecular complexity index is 1760. The zero-order valence-electron chi connectivity index (χ0n) is 23.7. The molecule has 41 heavy (non-hydrogen) atoms. The SMILES string of the molecule is COc1cc2sc(Br)nc2cc1C.COc1cc2sc(C3CC3)nc2cc1C.COc1cc2sc(N)nc2cc1C. The monoisotopic (exact) mass is 670 g/mol. The molecule has 0 bridgehead atoms. The molecule has 3 heterocycles. The minimum Gasteiger partial charge on any atom is -0.496 e. The molecule has 1 aliphatic carbocycles. The van der Waals surface area contributed by atoms with Gasteiger partial charge in [0.2, 0.25) is 0 Å². The van der Waals surface area contributed by atoms with E-state index in [1.165, 1.54) is 33.9 Å². The molecule has 1 fully saturated rings. The van der Waals surface area contributed by atoms with Crippen molar-refractivity contribution in [3.05, 3.63) is 62.0 Å².